The molecule has 1 aliphatic rings. The summed E-state index contributed by atoms with van der Waals surface area (Å²) in [5.74, 6) is 1.68. The second-order valence-electron chi connectivity index (χ2n) is 9.42. The summed E-state index contributed by atoms with van der Waals surface area (Å²) in [6.07, 6.45) is 2.59. The molecule has 2 heterocycles. The number of hydrogen-bond acceptors (Lipinski definition) is 4. The molecule has 0 fully saturated rings. The maximum absolute atomic E-state index is 6.24. The van der Waals surface area contributed by atoms with E-state index in [2.05, 4.69) is 93.3 Å². The van der Waals surface area contributed by atoms with Crippen LogP contribution in [-0.2, 0) is 6.42 Å². The molecular formula is C30H35N3O. The molecule has 1 aliphatic heterocycles. The standard InChI is InChI=1S/C30H35N3O/c1-21(2)26-13-11-14-27(22(3)4)30(26)33-20-32(23(5)24(33)6)28-15-7-8-16-29(28)34-19-17-25-12-9-10-18-31-25/h7-16,18,21-22H,17,19H2,1-6H3. The van der Waals surface area contributed by atoms with Gasteiger partial charge in [0.05, 0.1) is 18.0 Å². The lowest BCUT2D eigenvalue weighted by Gasteiger charge is -2.29. The number of allylic oxidation sites excluding steroid dienone is 2. The van der Waals surface area contributed by atoms with Crippen LogP contribution in [-0.4, -0.2) is 11.6 Å². The molecular weight excluding hydrogens is 418 g/mol. The molecule has 2 radical (unpaired) electrons. The van der Waals surface area contributed by atoms with Gasteiger partial charge >= 0.3 is 0 Å². The highest BCUT2D eigenvalue weighted by molar-refractivity contribution is 5.75. The SMILES string of the molecule is CC1=C(C)N(c2c(C(C)C)cccc2C(C)C)[C]N1c1ccccc1OCCc1ccccn1. The molecule has 0 spiro atoms. The van der Waals surface area contributed by atoms with Gasteiger partial charge in [0, 0.05) is 29.7 Å². The van der Waals surface area contributed by atoms with Crippen molar-refractivity contribution in [2.75, 3.05) is 16.4 Å². The fraction of sp³-hybridized carbons (Fsp3) is 0.333. The van der Waals surface area contributed by atoms with E-state index < -0.39 is 0 Å². The van der Waals surface area contributed by atoms with Gasteiger partial charge in [-0.05, 0) is 61.1 Å². The van der Waals surface area contributed by atoms with Gasteiger partial charge in [-0.3, -0.25) is 4.98 Å². The molecule has 0 saturated carbocycles. The zero-order valence-electron chi connectivity index (χ0n) is 21.2. The third kappa shape index (κ3) is 4.82. The van der Waals surface area contributed by atoms with Crippen LogP contribution in [0.3, 0.4) is 0 Å². The van der Waals surface area contributed by atoms with Crippen molar-refractivity contribution in [2.45, 2.75) is 59.8 Å². The first-order valence-corrected chi connectivity index (χ1v) is 12.2. The summed E-state index contributed by atoms with van der Waals surface area (Å²) in [4.78, 5) is 8.78. The Morgan fingerprint density at radius 3 is 2.09 bits per heavy atom. The second kappa shape index (κ2) is 10.3. The first-order chi connectivity index (χ1) is 16.4. The highest BCUT2D eigenvalue weighted by Gasteiger charge is 2.32. The second-order valence-corrected chi connectivity index (χ2v) is 9.42. The van der Waals surface area contributed by atoms with Gasteiger partial charge in [-0.15, -0.1) is 0 Å². The first-order valence-electron chi connectivity index (χ1n) is 12.2. The number of ether oxygens (including phenoxy) is 1. The van der Waals surface area contributed by atoms with E-state index in [-0.39, 0.29) is 0 Å². The van der Waals surface area contributed by atoms with Crippen molar-refractivity contribution in [3.63, 3.8) is 0 Å². The quantitative estimate of drug-likeness (QED) is 0.352. The van der Waals surface area contributed by atoms with Gasteiger partial charge in [-0.25, -0.2) is 0 Å². The Hall–Kier alpha value is -3.27. The minimum Gasteiger partial charge on any atom is -0.491 e. The van der Waals surface area contributed by atoms with Gasteiger partial charge in [0.1, 0.15) is 5.75 Å². The molecule has 34 heavy (non-hydrogen) atoms. The molecule has 1 aromatic heterocycles. The van der Waals surface area contributed by atoms with Gasteiger partial charge in [-0.2, -0.15) is 0 Å². The number of para-hydroxylation sites is 3. The summed E-state index contributed by atoms with van der Waals surface area (Å²) >= 11 is 0. The topological polar surface area (TPSA) is 28.6 Å². The molecule has 2 aromatic carbocycles. The van der Waals surface area contributed by atoms with Crippen LogP contribution in [0.25, 0.3) is 0 Å². The van der Waals surface area contributed by atoms with Crippen molar-refractivity contribution in [1.29, 1.82) is 0 Å². The fourth-order valence-electron chi connectivity index (χ4n) is 4.37. The van der Waals surface area contributed by atoms with Crippen molar-refractivity contribution < 1.29 is 4.74 Å². The van der Waals surface area contributed by atoms with Crippen molar-refractivity contribution in [3.8, 4) is 5.75 Å². The monoisotopic (exact) mass is 453 g/mol. The Bertz CT molecular complexity index is 1120. The largest absolute Gasteiger partial charge is 0.491 e. The lowest BCUT2D eigenvalue weighted by Crippen LogP contribution is -2.24. The zero-order chi connectivity index (χ0) is 24.2. The molecule has 0 bridgehead atoms. The van der Waals surface area contributed by atoms with Gasteiger partial charge in [0.2, 0.25) is 6.67 Å². The summed E-state index contributed by atoms with van der Waals surface area (Å²) in [6, 6.07) is 20.8. The molecule has 4 nitrogen and oxygen atoms in total. The summed E-state index contributed by atoms with van der Waals surface area (Å²) < 4.78 is 6.24. The van der Waals surface area contributed by atoms with Crippen LogP contribution in [0.2, 0.25) is 0 Å². The number of hydrogen-bond donors (Lipinski definition) is 0. The maximum Gasteiger partial charge on any atom is 0.218 e. The molecule has 4 heteroatoms. The molecule has 0 atom stereocenters. The Labute approximate surface area is 204 Å². The van der Waals surface area contributed by atoms with E-state index in [9.17, 15) is 0 Å². The lowest BCUT2D eigenvalue weighted by atomic mass is 9.92. The third-order valence-electron chi connectivity index (χ3n) is 6.41. The number of nitrogens with zero attached hydrogens (tertiary/aromatic N) is 3. The van der Waals surface area contributed by atoms with Gasteiger partial charge in [-0.1, -0.05) is 64.1 Å². The Kier molecular flexibility index (Phi) is 7.26. The van der Waals surface area contributed by atoms with E-state index in [1.807, 2.05) is 36.5 Å². The predicted octanol–water partition coefficient (Wildman–Crippen LogP) is 7.52. The predicted molar refractivity (Wildman–Crippen MR) is 141 cm³/mol. The molecule has 0 aliphatic carbocycles. The highest BCUT2D eigenvalue weighted by Crippen LogP contribution is 2.44. The minimum atomic E-state index is 0.417. The van der Waals surface area contributed by atoms with Crippen LogP contribution in [0, 0.1) is 6.67 Å². The smallest absolute Gasteiger partial charge is 0.218 e. The van der Waals surface area contributed by atoms with Crippen LogP contribution in [0.4, 0.5) is 11.4 Å². The van der Waals surface area contributed by atoms with Crippen LogP contribution >= 0.6 is 0 Å². The van der Waals surface area contributed by atoms with E-state index in [4.69, 9.17) is 4.74 Å². The average molecular weight is 454 g/mol. The molecule has 0 N–H and O–H groups in total. The van der Waals surface area contributed by atoms with Crippen molar-refractivity contribution in [3.05, 3.63) is 102 Å². The third-order valence-corrected chi connectivity index (χ3v) is 6.41. The van der Waals surface area contributed by atoms with E-state index in [0.717, 1.165) is 29.2 Å². The van der Waals surface area contributed by atoms with E-state index in [0.29, 0.717) is 18.4 Å². The van der Waals surface area contributed by atoms with Crippen LogP contribution in [0.5, 0.6) is 5.75 Å². The Balaban J connectivity index is 1.62. The highest BCUT2D eigenvalue weighted by atomic mass is 16.5. The zero-order valence-corrected chi connectivity index (χ0v) is 21.2. The van der Waals surface area contributed by atoms with Crippen molar-refractivity contribution in [2.24, 2.45) is 0 Å². The van der Waals surface area contributed by atoms with Gasteiger partial charge in [0.15, 0.2) is 0 Å². The maximum atomic E-state index is 6.24. The van der Waals surface area contributed by atoms with Crippen molar-refractivity contribution in [1.82, 2.24) is 4.98 Å². The number of anilines is 2. The number of benzene rings is 2. The molecule has 0 saturated heterocycles. The summed E-state index contributed by atoms with van der Waals surface area (Å²) in [5, 5.41) is 0. The first kappa shape index (κ1) is 23.9. The normalized spacial score (nSPS) is 14.0. The van der Waals surface area contributed by atoms with Crippen LogP contribution in [0.15, 0.2) is 78.3 Å². The average Bonchev–Trinajstić information content (AvgIpc) is 3.13. The van der Waals surface area contributed by atoms with Crippen molar-refractivity contribution >= 4 is 11.4 Å². The Morgan fingerprint density at radius 1 is 0.794 bits per heavy atom. The van der Waals surface area contributed by atoms with Gasteiger partial charge < -0.3 is 14.5 Å². The molecule has 0 unspecified atom stereocenters. The van der Waals surface area contributed by atoms with Gasteiger partial charge in [0.25, 0.3) is 0 Å². The van der Waals surface area contributed by atoms with E-state index in [1.165, 1.54) is 22.5 Å². The van der Waals surface area contributed by atoms with E-state index >= 15 is 0 Å². The number of aromatic nitrogens is 1. The van der Waals surface area contributed by atoms with E-state index in [1.54, 1.807) is 0 Å². The minimum absolute atomic E-state index is 0.417. The van der Waals surface area contributed by atoms with Crippen LogP contribution < -0.4 is 14.5 Å². The number of pyridine rings is 1. The number of rotatable bonds is 8. The lowest BCUT2D eigenvalue weighted by molar-refractivity contribution is 0.321. The molecule has 0 amide bonds. The molecule has 4 rings (SSSR count). The van der Waals surface area contributed by atoms with Crippen LogP contribution in [0.1, 0.15) is 70.2 Å². The molecule has 3 aromatic rings. The Morgan fingerprint density at radius 2 is 1.44 bits per heavy atom. The summed E-state index contributed by atoms with van der Waals surface area (Å²) in [7, 11) is 0. The summed E-state index contributed by atoms with van der Waals surface area (Å²) in [5.41, 5.74) is 8.29. The molecule has 176 valence electrons. The summed E-state index contributed by atoms with van der Waals surface area (Å²) in [6.45, 7) is 17.6. The fourth-order valence-corrected chi connectivity index (χ4v) is 4.37.